The van der Waals surface area contributed by atoms with Gasteiger partial charge in [0.2, 0.25) is 0 Å². The minimum atomic E-state index is -0.0880. The third-order valence-electron chi connectivity index (χ3n) is 3.54. The molecule has 0 aromatic heterocycles. The third kappa shape index (κ3) is 3.55. The van der Waals surface area contributed by atoms with Crippen LogP contribution < -0.4 is 5.73 Å². The van der Waals surface area contributed by atoms with Gasteiger partial charge in [-0.1, -0.05) is 24.3 Å². The van der Waals surface area contributed by atoms with Crippen LogP contribution in [-0.4, -0.2) is 30.1 Å². The summed E-state index contributed by atoms with van der Waals surface area (Å²) in [5.74, 6) is -0.0880. The Labute approximate surface area is 114 Å². The molecule has 0 saturated carbocycles. The van der Waals surface area contributed by atoms with Crippen LogP contribution in [0.25, 0.3) is 0 Å². The number of esters is 1. The molecule has 2 N–H and O–H groups in total. The van der Waals surface area contributed by atoms with Gasteiger partial charge in [0, 0.05) is 13.1 Å². The molecule has 2 rings (SSSR count). The maximum atomic E-state index is 11.9. The largest absolute Gasteiger partial charge is 0.465 e. The van der Waals surface area contributed by atoms with E-state index >= 15 is 0 Å². The zero-order valence-electron chi connectivity index (χ0n) is 11.5. The Morgan fingerprint density at radius 2 is 2.26 bits per heavy atom. The average Bonchev–Trinajstić information content (AvgIpc) is 2.87. The number of hydrogen-bond donors (Lipinski definition) is 1. The van der Waals surface area contributed by atoms with Gasteiger partial charge in [0.25, 0.3) is 0 Å². The summed E-state index contributed by atoms with van der Waals surface area (Å²) in [6.07, 6.45) is 1.95. The predicted octanol–water partition coefficient (Wildman–Crippen LogP) is 1.67. The lowest BCUT2D eigenvalue weighted by Gasteiger charge is -2.23. The zero-order valence-corrected chi connectivity index (χ0v) is 11.5. The fourth-order valence-electron chi connectivity index (χ4n) is 2.61. The van der Waals surface area contributed by atoms with Crippen molar-refractivity contribution in [2.45, 2.75) is 38.9 Å². The normalized spacial score (nSPS) is 19.6. The molecule has 19 heavy (non-hydrogen) atoms. The zero-order chi connectivity index (χ0) is 13.7. The smallest absolute Gasteiger partial charge is 0.323 e. The van der Waals surface area contributed by atoms with Crippen molar-refractivity contribution in [3.05, 3.63) is 35.4 Å². The molecule has 1 aromatic carbocycles. The van der Waals surface area contributed by atoms with Crippen molar-refractivity contribution in [1.29, 1.82) is 0 Å². The maximum absolute atomic E-state index is 11.9. The summed E-state index contributed by atoms with van der Waals surface area (Å²) in [4.78, 5) is 14.1. The van der Waals surface area contributed by atoms with Crippen LogP contribution in [0.3, 0.4) is 0 Å². The second-order valence-corrected chi connectivity index (χ2v) is 4.90. The number of nitrogens with zero attached hydrogens (tertiary/aromatic N) is 1. The number of nitrogens with two attached hydrogens (primary N) is 1. The van der Waals surface area contributed by atoms with E-state index in [2.05, 4.69) is 17.0 Å². The van der Waals surface area contributed by atoms with Crippen molar-refractivity contribution in [2.75, 3.05) is 13.2 Å². The summed E-state index contributed by atoms with van der Waals surface area (Å²) in [6.45, 7) is 4.59. The van der Waals surface area contributed by atoms with Gasteiger partial charge in [-0.05, 0) is 37.4 Å². The Balaban J connectivity index is 2.02. The molecule has 0 spiro atoms. The van der Waals surface area contributed by atoms with E-state index in [4.69, 9.17) is 10.5 Å². The monoisotopic (exact) mass is 262 g/mol. The molecule has 0 aliphatic carbocycles. The molecule has 1 aliphatic rings. The molecule has 1 atom stereocenters. The summed E-state index contributed by atoms with van der Waals surface area (Å²) in [6, 6.07) is 8.16. The van der Waals surface area contributed by atoms with E-state index < -0.39 is 0 Å². The summed E-state index contributed by atoms with van der Waals surface area (Å²) in [5.41, 5.74) is 7.99. The molecule has 0 bridgehead atoms. The van der Waals surface area contributed by atoms with Crippen molar-refractivity contribution in [3.8, 4) is 0 Å². The Morgan fingerprint density at radius 3 is 3.00 bits per heavy atom. The van der Waals surface area contributed by atoms with Crippen molar-refractivity contribution in [2.24, 2.45) is 5.73 Å². The molecule has 0 radical (unpaired) electrons. The highest BCUT2D eigenvalue weighted by Crippen LogP contribution is 2.21. The highest BCUT2D eigenvalue weighted by Gasteiger charge is 2.31. The first kappa shape index (κ1) is 14.0. The minimum absolute atomic E-state index is 0.0820. The first-order valence-corrected chi connectivity index (χ1v) is 6.93. The van der Waals surface area contributed by atoms with Crippen LogP contribution in [0.2, 0.25) is 0 Å². The number of ether oxygens (including phenoxy) is 1. The van der Waals surface area contributed by atoms with Gasteiger partial charge in [-0.15, -0.1) is 0 Å². The van der Waals surface area contributed by atoms with E-state index in [-0.39, 0.29) is 12.0 Å². The van der Waals surface area contributed by atoms with Gasteiger partial charge in [-0.3, -0.25) is 9.69 Å². The fraction of sp³-hybridized carbons (Fsp3) is 0.533. The van der Waals surface area contributed by atoms with E-state index in [1.807, 2.05) is 19.1 Å². The first-order valence-electron chi connectivity index (χ1n) is 6.93. The van der Waals surface area contributed by atoms with E-state index in [1.54, 1.807) is 0 Å². The predicted molar refractivity (Wildman–Crippen MR) is 74.4 cm³/mol. The lowest BCUT2D eigenvalue weighted by molar-refractivity contribution is -0.148. The van der Waals surface area contributed by atoms with Crippen LogP contribution in [0.15, 0.2) is 24.3 Å². The summed E-state index contributed by atoms with van der Waals surface area (Å²) in [5, 5.41) is 0. The van der Waals surface area contributed by atoms with Crippen molar-refractivity contribution in [1.82, 2.24) is 4.90 Å². The molecule has 1 saturated heterocycles. The van der Waals surface area contributed by atoms with Gasteiger partial charge in [0.1, 0.15) is 6.04 Å². The van der Waals surface area contributed by atoms with Gasteiger partial charge in [0.05, 0.1) is 6.61 Å². The lowest BCUT2D eigenvalue weighted by Crippen LogP contribution is -2.36. The quantitative estimate of drug-likeness (QED) is 0.820. The van der Waals surface area contributed by atoms with Crippen LogP contribution in [0.5, 0.6) is 0 Å². The molecular weight excluding hydrogens is 240 g/mol. The Kier molecular flexibility index (Phi) is 4.93. The average molecular weight is 262 g/mol. The SMILES string of the molecule is CCOC(=O)C1CCCN1Cc1cccc(CN)c1. The molecule has 4 heteroatoms. The van der Waals surface area contributed by atoms with E-state index in [9.17, 15) is 4.79 Å². The van der Waals surface area contributed by atoms with E-state index in [1.165, 1.54) is 5.56 Å². The van der Waals surface area contributed by atoms with Gasteiger partial charge >= 0.3 is 5.97 Å². The number of likely N-dealkylation sites (tertiary alicyclic amines) is 1. The summed E-state index contributed by atoms with van der Waals surface area (Å²) in [7, 11) is 0. The highest BCUT2D eigenvalue weighted by molar-refractivity contribution is 5.76. The molecule has 4 nitrogen and oxygen atoms in total. The molecule has 1 heterocycles. The van der Waals surface area contributed by atoms with Crippen molar-refractivity contribution >= 4 is 5.97 Å². The van der Waals surface area contributed by atoms with Gasteiger partial charge in [-0.2, -0.15) is 0 Å². The molecule has 1 unspecified atom stereocenters. The molecule has 1 aliphatic heterocycles. The third-order valence-corrected chi connectivity index (χ3v) is 3.54. The van der Waals surface area contributed by atoms with E-state index in [0.717, 1.165) is 31.5 Å². The highest BCUT2D eigenvalue weighted by atomic mass is 16.5. The standard InChI is InChI=1S/C15H22N2O2/c1-2-19-15(18)14-7-4-8-17(14)11-13-6-3-5-12(9-13)10-16/h3,5-6,9,14H,2,4,7-8,10-11,16H2,1H3. The molecule has 1 fully saturated rings. The number of carbonyl (C=O) groups is 1. The van der Waals surface area contributed by atoms with Gasteiger partial charge in [0.15, 0.2) is 0 Å². The Bertz CT molecular complexity index is 434. The number of carbonyl (C=O) groups excluding carboxylic acids is 1. The molecule has 0 amide bonds. The van der Waals surface area contributed by atoms with Crippen LogP contribution in [0.4, 0.5) is 0 Å². The first-order chi connectivity index (χ1) is 9.24. The van der Waals surface area contributed by atoms with Crippen LogP contribution in [-0.2, 0) is 22.6 Å². The number of hydrogen-bond acceptors (Lipinski definition) is 4. The summed E-state index contributed by atoms with van der Waals surface area (Å²) < 4.78 is 5.14. The molecular formula is C15H22N2O2. The summed E-state index contributed by atoms with van der Waals surface area (Å²) >= 11 is 0. The molecule has 1 aromatic rings. The number of rotatable bonds is 5. The fourth-order valence-corrected chi connectivity index (χ4v) is 2.61. The van der Waals surface area contributed by atoms with E-state index in [0.29, 0.717) is 13.2 Å². The van der Waals surface area contributed by atoms with Crippen molar-refractivity contribution < 1.29 is 9.53 Å². The number of benzene rings is 1. The van der Waals surface area contributed by atoms with Crippen LogP contribution in [0, 0.1) is 0 Å². The lowest BCUT2D eigenvalue weighted by atomic mass is 10.1. The van der Waals surface area contributed by atoms with Crippen molar-refractivity contribution in [3.63, 3.8) is 0 Å². The Hall–Kier alpha value is -1.39. The second-order valence-electron chi connectivity index (χ2n) is 4.90. The Morgan fingerprint density at radius 1 is 1.47 bits per heavy atom. The maximum Gasteiger partial charge on any atom is 0.323 e. The van der Waals surface area contributed by atoms with Gasteiger partial charge in [-0.25, -0.2) is 0 Å². The minimum Gasteiger partial charge on any atom is -0.465 e. The van der Waals surface area contributed by atoms with Crippen LogP contribution >= 0.6 is 0 Å². The van der Waals surface area contributed by atoms with Gasteiger partial charge < -0.3 is 10.5 Å². The van der Waals surface area contributed by atoms with Crippen LogP contribution in [0.1, 0.15) is 30.9 Å². The second kappa shape index (κ2) is 6.68. The topological polar surface area (TPSA) is 55.6 Å². The molecule has 104 valence electrons.